The summed E-state index contributed by atoms with van der Waals surface area (Å²) in [6.45, 7) is 2.03. The maximum atomic E-state index is 13.5. The lowest BCUT2D eigenvalue weighted by molar-refractivity contribution is 0.468. The Morgan fingerprint density at radius 2 is 2.27 bits per heavy atom. The first kappa shape index (κ1) is 11.0. The van der Waals surface area contributed by atoms with Gasteiger partial charge in [-0.05, 0) is 25.2 Å². The van der Waals surface area contributed by atoms with Gasteiger partial charge in [0.15, 0.2) is 0 Å². The van der Waals surface area contributed by atoms with Crippen molar-refractivity contribution < 1.29 is 4.39 Å². The van der Waals surface area contributed by atoms with E-state index in [1.54, 1.807) is 6.07 Å². The molecule has 0 saturated carbocycles. The highest BCUT2D eigenvalue weighted by atomic mass is 32.2. The fourth-order valence-corrected chi connectivity index (χ4v) is 3.10. The molecule has 2 atom stereocenters. The summed E-state index contributed by atoms with van der Waals surface area (Å²) in [7, 11) is 0. The highest BCUT2D eigenvalue weighted by Gasteiger charge is 2.19. The monoisotopic (exact) mass is 225 g/mol. The molecule has 1 N–H and O–H groups in total. The molecule has 0 spiro atoms. The third-order valence-corrected chi connectivity index (χ3v) is 3.95. The van der Waals surface area contributed by atoms with Gasteiger partial charge in [-0.3, -0.25) is 0 Å². The summed E-state index contributed by atoms with van der Waals surface area (Å²) in [6, 6.07) is 7.66. The summed E-state index contributed by atoms with van der Waals surface area (Å²) in [6.07, 6.45) is 1.20. The first-order chi connectivity index (χ1) is 7.27. The van der Waals surface area contributed by atoms with Gasteiger partial charge in [-0.1, -0.05) is 18.2 Å². The molecule has 1 aromatic carbocycles. The van der Waals surface area contributed by atoms with Crippen molar-refractivity contribution >= 4 is 11.8 Å². The van der Waals surface area contributed by atoms with Crippen LogP contribution >= 0.6 is 11.8 Å². The fraction of sp³-hybridized carbons (Fsp3) is 0.500. The molecule has 0 aromatic heterocycles. The molecule has 0 radical (unpaired) electrons. The average Bonchev–Trinajstić information content (AvgIpc) is 2.71. The van der Waals surface area contributed by atoms with E-state index in [0.717, 1.165) is 11.3 Å². The molecule has 0 aliphatic carbocycles. The highest BCUT2D eigenvalue weighted by Crippen LogP contribution is 2.22. The number of hydrogen-bond acceptors (Lipinski definition) is 2. The van der Waals surface area contributed by atoms with Crippen LogP contribution in [0.4, 0.5) is 4.39 Å². The molecule has 0 bridgehead atoms. The van der Waals surface area contributed by atoms with E-state index >= 15 is 0 Å². The summed E-state index contributed by atoms with van der Waals surface area (Å²) in [4.78, 5) is 0. The average molecular weight is 225 g/mol. The van der Waals surface area contributed by atoms with Gasteiger partial charge in [-0.2, -0.15) is 11.8 Å². The van der Waals surface area contributed by atoms with Crippen molar-refractivity contribution in [1.82, 2.24) is 5.32 Å². The first-order valence-corrected chi connectivity index (χ1v) is 6.51. The van der Waals surface area contributed by atoms with Crippen LogP contribution < -0.4 is 5.32 Å². The Labute approximate surface area is 94.5 Å². The lowest BCUT2D eigenvalue weighted by atomic mass is 10.1. The molecule has 0 amide bonds. The number of hydrogen-bond donors (Lipinski definition) is 1. The van der Waals surface area contributed by atoms with Gasteiger partial charge in [-0.15, -0.1) is 0 Å². The zero-order valence-corrected chi connectivity index (χ0v) is 9.69. The summed E-state index contributed by atoms with van der Waals surface area (Å²) < 4.78 is 13.5. The van der Waals surface area contributed by atoms with Crippen molar-refractivity contribution in [2.24, 2.45) is 0 Å². The van der Waals surface area contributed by atoms with Crippen molar-refractivity contribution in [2.75, 3.05) is 11.5 Å². The highest BCUT2D eigenvalue weighted by molar-refractivity contribution is 7.99. The van der Waals surface area contributed by atoms with Gasteiger partial charge in [0.2, 0.25) is 0 Å². The van der Waals surface area contributed by atoms with E-state index in [1.807, 2.05) is 30.8 Å². The second kappa shape index (κ2) is 4.99. The Kier molecular flexibility index (Phi) is 3.65. The third-order valence-electron chi connectivity index (χ3n) is 2.79. The molecule has 3 heteroatoms. The summed E-state index contributed by atoms with van der Waals surface area (Å²) >= 11 is 1.97. The zero-order chi connectivity index (χ0) is 10.7. The summed E-state index contributed by atoms with van der Waals surface area (Å²) in [5.41, 5.74) is 0.773. The predicted octanol–water partition coefficient (Wildman–Crippen LogP) is 2.98. The lowest BCUT2D eigenvalue weighted by Gasteiger charge is -2.19. The smallest absolute Gasteiger partial charge is 0.127 e. The topological polar surface area (TPSA) is 12.0 Å². The van der Waals surface area contributed by atoms with Crippen LogP contribution in [0, 0.1) is 5.82 Å². The van der Waals surface area contributed by atoms with Crippen LogP contribution in [0.3, 0.4) is 0 Å². The molecule has 2 unspecified atom stereocenters. The van der Waals surface area contributed by atoms with Gasteiger partial charge in [-0.25, -0.2) is 4.39 Å². The molecular weight excluding hydrogens is 209 g/mol. The molecule has 1 heterocycles. The van der Waals surface area contributed by atoms with Crippen LogP contribution in [0.5, 0.6) is 0 Å². The predicted molar refractivity (Wildman–Crippen MR) is 63.7 cm³/mol. The van der Waals surface area contributed by atoms with Crippen LogP contribution in [0.1, 0.15) is 24.9 Å². The van der Waals surface area contributed by atoms with E-state index < -0.39 is 0 Å². The molecule has 15 heavy (non-hydrogen) atoms. The maximum absolute atomic E-state index is 13.5. The second-order valence-electron chi connectivity index (χ2n) is 3.97. The number of nitrogens with one attached hydrogen (secondary N) is 1. The maximum Gasteiger partial charge on any atom is 0.127 e. The Morgan fingerprint density at radius 1 is 1.47 bits per heavy atom. The largest absolute Gasteiger partial charge is 0.306 e. The van der Waals surface area contributed by atoms with E-state index in [-0.39, 0.29) is 11.9 Å². The van der Waals surface area contributed by atoms with Crippen molar-refractivity contribution in [1.29, 1.82) is 0 Å². The molecule has 1 fully saturated rings. The minimum Gasteiger partial charge on any atom is -0.306 e. The van der Waals surface area contributed by atoms with Crippen LogP contribution in [-0.2, 0) is 0 Å². The molecule has 1 aromatic rings. The number of thioether (sulfide) groups is 1. The van der Waals surface area contributed by atoms with Gasteiger partial charge in [0, 0.05) is 23.4 Å². The van der Waals surface area contributed by atoms with Crippen LogP contribution in [0.2, 0.25) is 0 Å². The quantitative estimate of drug-likeness (QED) is 0.848. The molecule has 1 aliphatic rings. The number of rotatable bonds is 3. The normalized spacial score (nSPS) is 22.9. The summed E-state index contributed by atoms with van der Waals surface area (Å²) in [5, 5.41) is 3.48. The standard InChI is InChI=1S/C12H16FNS/c1-9(14-10-6-7-15-8-10)11-4-2-3-5-12(11)13/h2-5,9-10,14H,6-8H2,1H3. The minimum absolute atomic E-state index is 0.106. The molecule has 1 saturated heterocycles. The Bertz CT molecular complexity index is 323. The minimum atomic E-state index is -0.108. The van der Waals surface area contributed by atoms with Crippen molar-refractivity contribution in [3.05, 3.63) is 35.6 Å². The van der Waals surface area contributed by atoms with Gasteiger partial charge in [0.1, 0.15) is 5.82 Å². The Morgan fingerprint density at radius 3 is 2.93 bits per heavy atom. The molecular formula is C12H16FNS. The van der Waals surface area contributed by atoms with Crippen molar-refractivity contribution in [3.63, 3.8) is 0 Å². The molecule has 1 nitrogen and oxygen atoms in total. The van der Waals surface area contributed by atoms with Gasteiger partial charge in [0.25, 0.3) is 0 Å². The third kappa shape index (κ3) is 2.73. The van der Waals surface area contributed by atoms with Gasteiger partial charge in [0.05, 0.1) is 0 Å². The molecule has 82 valence electrons. The zero-order valence-electron chi connectivity index (χ0n) is 8.87. The SMILES string of the molecule is CC(NC1CCSC1)c1ccccc1F. The second-order valence-corrected chi connectivity index (χ2v) is 5.12. The number of benzene rings is 1. The first-order valence-electron chi connectivity index (χ1n) is 5.35. The van der Waals surface area contributed by atoms with Gasteiger partial charge < -0.3 is 5.32 Å². The fourth-order valence-electron chi connectivity index (χ4n) is 1.94. The van der Waals surface area contributed by atoms with Crippen LogP contribution in [0.25, 0.3) is 0 Å². The Hall–Kier alpha value is -0.540. The van der Waals surface area contributed by atoms with E-state index in [2.05, 4.69) is 5.32 Å². The summed E-state index contributed by atoms with van der Waals surface area (Å²) in [5.74, 6) is 2.27. The van der Waals surface area contributed by atoms with Crippen molar-refractivity contribution in [2.45, 2.75) is 25.4 Å². The van der Waals surface area contributed by atoms with Crippen molar-refractivity contribution in [3.8, 4) is 0 Å². The lowest BCUT2D eigenvalue weighted by Crippen LogP contribution is -2.31. The van der Waals surface area contributed by atoms with E-state index in [4.69, 9.17) is 0 Å². The molecule has 1 aliphatic heterocycles. The van der Waals surface area contributed by atoms with Crippen LogP contribution in [0.15, 0.2) is 24.3 Å². The van der Waals surface area contributed by atoms with Gasteiger partial charge >= 0.3 is 0 Å². The van der Waals surface area contributed by atoms with E-state index in [9.17, 15) is 4.39 Å². The Balaban J connectivity index is 2.00. The van der Waals surface area contributed by atoms with E-state index in [0.29, 0.717) is 6.04 Å². The van der Waals surface area contributed by atoms with Crippen LogP contribution in [-0.4, -0.2) is 17.5 Å². The number of halogens is 1. The van der Waals surface area contributed by atoms with E-state index in [1.165, 1.54) is 18.2 Å². The molecule has 2 rings (SSSR count).